The Morgan fingerprint density at radius 2 is 1.91 bits per heavy atom. The first kappa shape index (κ1) is 18.0. The monoisotopic (exact) mass is 322 g/mol. The third kappa shape index (κ3) is 3.45. The summed E-state index contributed by atoms with van der Waals surface area (Å²) < 4.78 is 14.1. The number of aliphatic carboxylic acids is 1. The zero-order valence-corrected chi connectivity index (χ0v) is 14.9. The Labute approximate surface area is 138 Å². The molecule has 1 N–H and O–H groups in total. The molecule has 1 aliphatic rings. The average molecular weight is 322 g/mol. The third-order valence-corrected chi connectivity index (χ3v) is 4.97. The maximum atomic E-state index is 11.4. The van der Waals surface area contributed by atoms with Gasteiger partial charge in [0, 0.05) is 18.1 Å². The third-order valence-electron chi connectivity index (χ3n) is 4.97. The fourth-order valence-corrected chi connectivity index (χ4v) is 2.86. The molecule has 1 unspecified atom stereocenters. The van der Waals surface area contributed by atoms with Crippen LogP contribution in [0.2, 0.25) is 0 Å². The van der Waals surface area contributed by atoms with E-state index in [-0.39, 0.29) is 12.2 Å². The Morgan fingerprint density at radius 3 is 2.39 bits per heavy atom. The zero-order chi connectivity index (χ0) is 17.4. The zero-order valence-electron chi connectivity index (χ0n) is 14.9. The van der Waals surface area contributed by atoms with E-state index in [1.165, 1.54) is 0 Å². The molecule has 1 aromatic rings. The van der Waals surface area contributed by atoms with Gasteiger partial charge in [0.2, 0.25) is 0 Å². The molecule has 1 atom stereocenters. The minimum Gasteiger partial charge on any atom is -0.481 e. The van der Waals surface area contributed by atoms with Gasteiger partial charge in [-0.1, -0.05) is 6.92 Å². The highest BCUT2D eigenvalue weighted by Gasteiger charge is 2.54. The largest absolute Gasteiger partial charge is 0.481 e. The fourth-order valence-electron chi connectivity index (χ4n) is 2.86. The molecule has 0 saturated carbocycles. The van der Waals surface area contributed by atoms with Crippen molar-refractivity contribution >= 4 is 13.1 Å². The van der Waals surface area contributed by atoms with E-state index >= 15 is 0 Å². The number of carboxylic acid groups (broad SMARTS) is 1. The second-order valence-corrected chi connectivity index (χ2v) is 7.24. The normalized spacial score (nSPS) is 20.7. The van der Waals surface area contributed by atoms with Gasteiger partial charge in [0.15, 0.2) is 0 Å². The smallest absolute Gasteiger partial charge is 0.466 e. The molecule has 0 radical (unpaired) electrons. The van der Waals surface area contributed by atoms with Crippen LogP contribution in [0.3, 0.4) is 0 Å². The van der Waals surface area contributed by atoms with Crippen LogP contribution in [0.5, 0.6) is 0 Å². The highest BCUT2D eigenvalue weighted by atomic mass is 16.7. The lowest BCUT2D eigenvalue weighted by Crippen LogP contribution is -2.41. The fraction of sp³-hybridized carbons (Fsp3) is 0.750. The molecule has 6 nitrogen and oxygen atoms in total. The second-order valence-electron chi connectivity index (χ2n) is 7.24. The van der Waals surface area contributed by atoms with Gasteiger partial charge in [-0.15, -0.1) is 0 Å². The summed E-state index contributed by atoms with van der Waals surface area (Å²) in [6.45, 7) is 12.8. The van der Waals surface area contributed by atoms with Crippen LogP contribution >= 0.6 is 0 Å². The lowest BCUT2D eigenvalue weighted by atomic mass is 9.66. The van der Waals surface area contributed by atoms with Crippen molar-refractivity contribution < 1.29 is 19.2 Å². The van der Waals surface area contributed by atoms with E-state index < -0.39 is 24.3 Å². The molecule has 0 aliphatic carbocycles. The van der Waals surface area contributed by atoms with Gasteiger partial charge in [-0.2, -0.15) is 5.10 Å². The maximum Gasteiger partial charge on any atom is 0.466 e. The van der Waals surface area contributed by atoms with Gasteiger partial charge in [-0.05, 0) is 46.6 Å². The lowest BCUT2D eigenvalue weighted by Gasteiger charge is -2.32. The molecule has 1 aliphatic heterocycles. The quantitative estimate of drug-likeness (QED) is 0.815. The Hall–Kier alpha value is -1.34. The number of nitrogens with zero attached hydrogens (tertiary/aromatic N) is 2. The summed E-state index contributed by atoms with van der Waals surface area (Å²) in [6.07, 6.45) is 2.68. The molecular formula is C16H27BN2O4. The van der Waals surface area contributed by atoms with Crippen LogP contribution in [0.1, 0.15) is 64.5 Å². The molecule has 2 rings (SSSR count). The first-order valence-corrected chi connectivity index (χ1v) is 8.19. The van der Waals surface area contributed by atoms with E-state index in [1.54, 1.807) is 6.20 Å². The van der Waals surface area contributed by atoms with Crippen molar-refractivity contribution in [2.45, 2.75) is 77.9 Å². The Balaban J connectivity index is 2.34. The molecule has 128 valence electrons. The van der Waals surface area contributed by atoms with Gasteiger partial charge in [0.25, 0.3) is 0 Å². The Bertz CT molecular complexity index is 567. The van der Waals surface area contributed by atoms with Crippen LogP contribution < -0.4 is 0 Å². The number of aryl methyl sites for hydroxylation is 1. The SMILES string of the molecule is CCCn1ncc(C(CC(=O)O)B2OC(C)(C)C(C)(C)O2)c1C. The number of hydrogen-bond acceptors (Lipinski definition) is 4. The van der Waals surface area contributed by atoms with Crippen LogP contribution in [-0.2, 0) is 20.6 Å². The molecule has 0 bridgehead atoms. The summed E-state index contributed by atoms with van der Waals surface area (Å²) >= 11 is 0. The molecular weight excluding hydrogens is 295 g/mol. The van der Waals surface area contributed by atoms with E-state index in [9.17, 15) is 9.90 Å². The first-order valence-electron chi connectivity index (χ1n) is 8.19. The Morgan fingerprint density at radius 1 is 1.35 bits per heavy atom. The maximum absolute atomic E-state index is 11.4. The van der Waals surface area contributed by atoms with E-state index in [2.05, 4.69) is 12.0 Å². The molecule has 0 spiro atoms. The van der Waals surface area contributed by atoms with Crippen molar-refractivity contribution in [1.82, 2.24) is 9.78 Å². The number of carboxylic acids is 1. The van der Waals surface area contributed by atoms with Gasteiger partial charge in [0.1, 0.15) is 0 Å². The van der Waals surface area contributed by atoms with Gasteiger partial charge in [-0.3, -0.25) is 9.48 Å². The molecule has 0 aromatic carbocycles. The number of hydrogen-bond donors (Lipinski definition) is 1. The summed E-state index contributed by atoms with van der Waals surface area (Å²) in [6, 6.07) is 0. The molecule has 23 heavy (non-hydrogen) atoms. The number of aromatic nitrogens is 2. The van der Waals surface area contributed by atoms with E-state index in [0.29, 0.717) is 0 Å². The van der Waals surface area contributed by atoms with E-state index in [0.717, 1.165) is 24.2 Å². The van der Waals surface area contributed by atoms with Gasteiger partial charge in [0.05, 0.1) is 23.8 Å². The number of carbonyl (C=O) groups is 1. The Kier molecular flexibility index (Phi) is 4.92. The lowest BCUT2D eigenvalue weighted by molar-refractivity contribution is -0.137. The van der Waals surface area contributed by atoms with Gasteiger partial charge < -0.3 is 14.4 Å². The molecule has 1 saturated heterocycles. The summed E-state index contributed by atoms with van der Waals surface area (Å²) in [5.74, 6) is -1.24. The van der Waals surface area contributed by atoms with Crippen LogP contribution in [-0.4, -0.2) is 39.2 Å². The van der Waals surface area contributed by atoms with Crippen molar-refractivity contribution in [2.75, 3.05) is 0 Å². The van der Waals surface area contributed by atoms with E-state index in [4.69, 9.17) is 9.31 Å². The molecule has 7 heteroatoms. The summed E-state index contributed by atoms with van der Waals surface area (Å²) in [5.41, 5.74) is 0.899. The molecule has 1 aromatic heterocycles. The highest BCUT2D eigenvalue weighted by Crippen LogP contribution is 2.42. The summed E-state index contributed by atoms with van der Waals surface area (Å²) in [7, 11) is -0.589. The predicted molar refractivity (Wildman–Crippen MR) is 88.3 cm³/mol. The minimum atomic E-state index is -0.868. The van der Waals surface area contributed by atoms with Crippen LogP contribution in [0.4, 0.5) is 0 Å². The van der Waals surface area contributed by atoms with Crippen LogP contribution in [0, 0.1) is 6.92 Å². The van der Waals surface area contributed by atoms with Crippen molar-refractivity contribution in [3.63, 3.8) is 0 Å². The summed E-state index contributed by atoms with van der Waals surface area (Å²) in [5, 5.41) is 13.7. The average Bonchev–Trinajstić information content (AvgIpc) is 2.86. The predicted octanol–water partition coefficient (Wildman–Crippen LogP) is 2.79. The van der Waals surface area contributed by atoms with Gasteiger partial charge >= 0.3 is 13.1 Å². The van der Waals surface area contributed by atoms with Crippen molar-refractivity contribution in [2.24, 2.45) is 0 Å². The second kappa shape index (κ2) is 6.28. The molecule has 2 heterocycles. The standard InChI is InChI=1S/C16H27BN2O4/c1-7-8-19-11(2)12(10-18-19)13(9-14(20)21)17-22-15(3,4)16(5,6)23-17/h10,13H,7-9H2,1-6H3,(H,20,21). The number of rotatable bonds is 6. The summed E-state index contributed by atoms with van der Waals surface area (Å²) in [4.78, 5) is 11.4. The van der Waals surface area contributed by atoms with Crippen molar-refractivity contribution in [3.8, 4) is 0 Å². The molecule has 0 amide bonds. The van der Waals surface area contributed by atoms with Crippen LogP contribution in [0.15, 0.2) is 6.20 Å². The van der Waals surface area contributed by atoms with Crippen molar-refractivity contribution in [1.29, 1.82) is 0 Å². The highest BCUT2D eigenvalue weighted by molar-refractivity contribution is 6.48. The van der Waals surface area contributed by atoms with E-state index in [1.807, 2.05) is 39.3 Å². The topological polar surface area (TPSA) is 73.6 Å². The van der Waals surface area contributed by atoms with Gasteiger partial charge in [-0.25, -0.2) is 0 Å². The first-order chi connectivity index (χ1) is 10.6. The van der Waals surface area contributed by atoms with Crippen molar-refractivity contribution in [3.05, 3.63) is 17.5 Å². The molecule has 1 fully saturated rings. The minimum absolute atomic E-state index is 0.0461. The van der Waals surface area contributed by atoms with Crippen LogP contribution in [0.25, 0.3) is 0 Å².